The van der Waals surface area contributed by atoms with Gasteiger partial charge in [0.15, 0.2) is 0 Å². The van der Waals surface area contributed by atoms with Crippen LogP contribution in [-0.4, -0.2) is 18.2 Å². The van der Waals surface area contributed by atoms with Crippen LogP contribution in [0.2, 0.25) is 0 Å². The Morgan fingerprint density at radius 1 is 1.27 bits per heavy atom. The number of carboxylic acid groups (broad SMARTS) is 1. The van der Waals surface area contributed by atoms with Crippen molar-refractivity contribution in [3.63, 3.8) is 0 Å². The number of carbonyl (C=O) groups is 1. The van der Waals surface area contributed by atoms with Crippen molar-refractivity contribution >= 4 is 32.9 Å². The normalized spacial score (nSPS) is 10.9. The van der Waals surface area contributed by atoms with Crippen LogP contribution >= 0.6 is 15.9 Å². The summed E-state index contributed by atoms with van der Waals surface area (Å²) in [4.78, 5) is 11.6. The molecule has 0 saturated carbocycles. The van der Waals surface area contributed by atoms with Crippen LogP contribution in [0.4, 0.5) is 4.39 Å². The summed E-state index contributed by atoms with van der Waals surface area (Å²) in [5.74, 6) is -0.840. The van der Waals surface area contributed by atoms with Crippen LogP contribution in [0.5, 0.6) is 5.75 Å². The van der Waals surface area contributed by atoms with Crippen molar-refractivity contribution in [2.24, 2.45) is 0 Å². The molecule has 0 amide bonds. The molecule has 0 aliphatic carbocycles. The number of furan rings is 1. The van der Waals surface area contributed by atoms with E-state index in [0.717, 1.165) is 0 Å². The van der Waals surface area contributed by atoms with Crippen molar-refractivity contribution in [3.8, 4) is 17.1 Å². The maximum atomic E-state index is 13.0. The van der Waals surface area contributed by atoms with Gasteiger partial charge in [-0.05, 0) is 52.3 Å². The third-order valence-corrected chi connectivity index (χ3v) is 3.90. The van der Waals surface area contributed by atoms with Gasteiger partial charge < -0.3 is 14.3 Å². The SMILES string of the molecule is COc1cc2c(C(=O)O)c(-c3ccc(F)cc3)oc2cc1Br. The maximum Gasteiger partial charge on any atom is 0.340 e. The Morgan fingerprint density at radius 2 is 1.95 bits per heavy atom. The molecule has 22 heavy (non-hydrogen) atoms. The molecule has 0 radical (unpaired) electrons. The van der Waals surface area contributed by atoms with Gasteiger partial charge >= 0.3 is 5.97 Å². The number of hydrogen-bond donors (Lipinski definition) is 1. The van der Waals surface area contributed by atoms with Crippen molar-refractivity contribution < 1.29 is 23.4 Å². The molecule has 0 bridgehead atoms. The average Bonchev–Trinajstić information content (AvgIpc) is 2.85. The van der Waals surface area contributed by atoms with Crippen molar-refractivity contribution in [1.29, 1.82) is 0 Å². The third kappa shape index (κ3) is 2.35. The highest BCUT2D eigenvalue weighted by atomic mass is 79.9. The number of rotatable bonds is 3. The number of aromatic carboxylic acids is 1. The first-order valence-corrected chi connectivity index (χ1v) is 7.10. The Kier molecular flexibility index (Phi) is 3.62. The van der Waals surface area contributed by atoms with Crippen LogP contribution in [-0.2, 0) is 0 Å². The molecule has 0 aliphatic heterocycles. The lowest BCUT2D eigenvalue weighted by molar-refractivity contribution is 0.0699. The smallest absolute Gasteiger partial charge is 0.340 e. The second kappa shape index (κ2) is 5.46. The Balaban J connectivity index is 2.32. The Bertz CT molecular complexity index is 868. The van der Waals surface area contributed by atoms with Crippen LogP contribution in [0.1, 0.15) is 10.4 Å². The molecule has 3 aromatic rings. The first kappa shape index (κ1) is 14.6. The average molecular weight is 365 g/mol. The quantitative estimate of drug-likeness (QED) is 0.731. The molecule has 0 aliphatic rings. The standard InChI is InChI=1S/C16H10BrFO4/c1-21-13-6-10-12(7-11(13)17)22-15(14(10)16(19)20)8-2-4-9(18)5-3-8/h2-7H,1H3,(H,19,20). The van der Waals surface area contributed by atoms with Gasteiger partial charge in [0.05, 0.1) is 11.6 Å². The predicted octanol–water partition coefficient (Wildman–Crippen LogP) is 4.71. The Hall–Kier alpha value is -2.34. The molecule has 0 atom stereocenters. The summed E-state index contributed by atoms with van der Waals surface area (Å²) in [5, 5.41) is 9.94. The highest BCUT2D eigenvalue weighted by molar-refractivity contribution is 9.10. The summed E-state index contributed by atoms with van der Waals surface area (Å²) < 4.78 is 24.6. The number of benzene rings is 2. The van der Waals surface area contributed by atoms with Gasteiger partial charge in [-0.25, -0.2) is 9.18 Å². The molecule has 4 nitrogen and oxygen atoms in total. The van der Waals surface area contributed by atoms with E-state index in [0.29, 0.717) is 26.8 Å². The maximum absolute atomic E-state index is 13.0. The number of hydrogen-bond acceptors (Lipinski definition) is 3. The van der Waals surface area contributed by atoms with Crippen LogP contribution in [0, 0.1) is 5.82 Å². The van der Waals surface area contributed by atoms with Gasteiger partial charge in [-0.3, -0.25) is 0 Å². The van der Waals surface area contributed by atoms with Crippen molar-refractivity contribution in [2.75, 3.05) is 7.11 Å². The molecule has 112 valence electrons. The van der Waals surface area contributed by atoms with Crippen LogP contribution in [0.3, 0.4) is 0 Å². The van der Waals surface area contributed by atoms with Gasteiger partial charge in [0.1, 0.15) is 28.5 Å². The second-order valence-electron chi connectivity index (χ2n) is 4.60. The van der Waals surface area contributed by atoms with Crippen molar-refractivity contribution in [2.45, 2.75) is 0 Å². The van der Waals surface area contributed by atoms with Gasteiger partial charge in [0.25, 0.3) is 0 Å². The molecule has 1 aromatic heterocycles. The minimum atomic E-state index is -1.12. The number of methoxy groups -OCH3 is 1. The van der Waals surface area contributed by atoms with Crippen LogP contribution < -0.4 is 4.74 Å². The van der Waals surface area contributed by atoms with E-state index in [-0.39, 0.29) is 11.3 Å². The Morgan fingerprint density at radius 3 is 2.55 bits per heavy atom. The molecular weight excluding hydrogens is 355 g/mol. The largest absolute Gasteiger partial charge is 0.496 e. The summed E-state index contributed by atoms with van der Waals surface area (Å²) >= 11 is 3.33. The number of fused-ring (bicyclic) bond motifs is 1. The highest BCUT2D eigenvalue weighted by Crippen LogP contribution is 2.38. The molecule has 1 N–H and O–H groups in total. The first-order chi connectivity index (χ1) is 10.5. The second-order valence-corrected chi connectivity index (χ2v) is 5.46. The van der Waals surface area contributed by atoms with E-state index in [4.69, 9.17) is 9.15 Å². The van der Waals surface area contributed by atoms with Crippen LogP contribution in [0.25, 0.3) is 22.3 Å². The van der Waals surface area contributed by atoms with E-state index in [2.05, 4.69) is 15.9 Å². The van der Waals surface area contributed by atoms with Gasteiger partial charge in [0.2, 0.25) is 0 Å². The molecule has 0 spiro atoms. The number of ether oxygens (including phenoxy) is 1. The zero-order chi connectivity index (χ0) is 15.9. The number of halogens is 2. The van der Waals surface area contributed by atoms with E-state index in [1.165, 1.54) is 31.4 Å². The molecule has 0 saturated heterocycles. The summed E-state index contributed by atoms with van der Waals surface area (Å²) in [6, 6.07) is 8.71. The first-order valence-electron chi connectivity index (χ1n) is 6.30. The van der Waals surface area contributed by atoms with Gasteiger partial charge in [-0.15, -0.1) is 0 Å². The van der Waals surface area contributed by atoms with E-state index >= 15 is 0 Å². The summed E-state index contributed by atoms with van der Waals surface area (Å²) in [6.45, 7) is 0. The number of carboxylic acids is 1. The molecular formula is C16H10BrFO4. The fraction of sp³-hybridized carbons (Fsp3) is 0.0625. The third-order valence-electron chi connectivity index (χ3n) is 3.28. The Labute approximate surface area is 133 Å². The lowest BCUT2D eigenvalue weighted by Gasteiger charge is -2.02. The predicted molar refractivity (Wildman–Crippen MR) is 82.8 cm³/mol. The fourth-order valence-electron chi connectivity index (χ4n) is 2.27. The lowest BCUT2D eigenvalue weighted by atomic mass is 10.1. The van der Waals surface area contributed by atoms with Gasteiger partial charge in [-0.2, -0.15) is 0 Å². The van der Waals surface area contributed by atoms with E-state index in [1.54, 1.807) is 12.1 Å². The molecule has 6 heteroatoms. The summed E-state index contributed by atoms with van der Waals surface area (Å²) in [5.41, 5.74) is 0.918. The van der Waals surface area contributed by atoms with E-state index in [9.17, 15) is 14.3 Å². The van der Waals surface area contributed by atoms with Gasteiger partial charge in [-0.1, -0.05) is 0 Å². The molecule has 0 unspecified atom stereocenters. The van der Waals surface area contributed by atoms with E-state index in [1.807, 2.05) is 0 Å². The minimum absolute atomic E-state index is 0.0207. The van der Waals surface area contributed by atoms with Gasteiger partial charge in [0, 0.05) is 10.9 Å². The van der Waals surface area contributed by atoms with Crippen LogP contribution in [0.15, 0.2) is 45.3 Å². The minimum Gasteiger partial charge on any atom is -0.496 e. The topological polar surface area (TPSA) is 59.7 Å². The van der Waals surface area contributed by atoms with E-state index < -0.39 is 11.8 Å². The zero-order valence-electron chi connectivity index (χ0n) is 11.4. The summed E-state index contributed by atoms with van der Waals surface area (Å²) in [6.07, 6.45) is 0. The molecule has 2 aromatic carbocycles. The molecule has 3 rings (SSSR count). The molecule has 1 heterocycles. The zero-order valence-corrected chi connectivity index (χ0v) is 13.0. The highest BCUT2D eigenvalue weighted by Gasteiger charge is 2.23. The van der Waals surface area contributed by atoms with Crippen molar-refractivity contribution in [3.05, 3.63) is 52.3 Å². The fourth-order valence-corrected chi connectivity index (χ4v) is 2.76. The lowest BCUT2D eigenvalue weighted by Crippen LogP contribution is -1.97. The summed E-state index contributed by atoms with van der Waals surface area (Å²) in [7, 11) is 1.49. The van der Waals surface area contributed by atoms with Crippen molar-refractivity contribution in [1.82, 2.24) is 0 Å². The monoisotopic (exact) mass is 364 g/mol. The molecule has 0 fully saturated rings.